The Morgan fingerprint density at radius 1 is 1.12 bits per heavy atom. The van der Waals surface area contributed by atoms with E-state index in [1.54, 1.807) is 41.8 Å². The number of nitrogens with one attached hydrogen (secondary N) is 2. The van der Waals surface area contributed by atoms with E-state index in [1.165, 1.54) is 0 Å². The van der Waals surface area contributed by atoms with Gasteiger partial charge in [0.2, 0.25) is 5.95 Å². The monoisotopic (exact) mass is 481 g/mol. The molecule has 2 N–H and O–H groups in total. The summed E-state index contributed by atoms with van der Waals surface area (Å²) in [7, 11) is 0. The highest BCUT2D eigenvalue weighted by atomic mass is 35.5. The molecule has 34 heavy (non-hydrogen) atoms. The maximum Gasteiger partial charge on any atom is 0.410 e. The minimum atomic E-state index is -0.491. The Kier molecular flexibility index (Phi) is 7.12. The van der Waals surface area contributed by atoms with Gasteiger partial charge >= 0.3 is 6.09 Å². The van der Waals surface area contributed by atoms with E-state index in [1.807, 2.05) is 32.9 Å². The van der Waals surface area contributed by atoms with E-state index in [2.05, 4.69) is 30.6 Å². The number of piperidine rings is 1. The Morgan fingerprint density at radius 3 is 2.53 bits per heavy atom. The number of amides is 1. The first-order valence-electron chi connectivity index (χ1n) is 11.2. The van der Waals surface area contributed by atoms with Gasteiger partial charge in [-0.1, -0.05) is 17.7 Å². The van der Waals surface area contributed by atoms with Crippen LogP contribution in [-0.2, 0) is 4.74 Å². The predicted molar refractivity (Wildman–Crippen MR) is 132 cm³/mol. The molecule has 4 rings (SSSR count). The first-order valence-corrected chi connectivity index (χ1v) is 11.5. The van der Waals surface area contributed by atoms with Gasteiger partial charge in [-0.3, -0.25) is 4.98 Å². The number of hydrogen-bond acceptors (Lipinski definition) is 8. The van der Waals surface area contributed by atoms with Crippen LogP contribution in [0.25, 0.3) is 11.3 Å². The molecule has 1 aliphatic heterocycles. The molecular weight excluding hydrogens is 454 g/mol. The summed E-state index contributed by atoms with van der Waals surface area (Å²) >= 11 is 6.02. The second-order valence-electron chi connectivity index (χ2n) is 9.11. The number of ether oxygens (including phenoxy) is 1. The summed E-state index contributed by atoms with van der Waals surface area (Å²) in [6, 6.07) is 7.55. The van der Waals surface area contributed by atoms with E-state index in [-0.39, 0.29) is 12.1 Å². The van der Waals surface area contributed by atoms with Crippen molar-refractivity contribution in [1.29, 1.82) is 0 Å². The normalized spacial score (nSPS) is 14.5. The molecule has 0 bridgehead atoms. The lowest BCUT2D eigenvalue weighted by molar-refractivity contribution is 0.0210. The van der Waals surface area contributed by atoms with Gasteiger partial charge in [0.25, 0.3) is 0 Å². The van der Waals surface area contributed by atoms with E-state index in [4.69, 9.17) is 16.3 Å². The molecule has 0 aliphatic carbocycles. The summed E-state index contributed by atoms with van der Waals surface area (Å²) in [5, 5.41) is 7.19. The fourth-order valence-corrected chi connectivity index (χ4v) is 3.73. The zero-order valence-corrected chi connectivity index (χ0v) is 20.2. The summed E-state index contributed by atoms with van der Waals surface area (Å²) in [6.07, 6.45) is 8.12. The number of rotatable bonds is 5. The van der Waals surface area contributed by atoms with E-state index >= 15 is 0 Å². The van der Waals surface area contributed by atoms with Crippen molar-refractivity contribution >= 4 is 35.1 Å². The van der Waals surface area contributed by atoms with Crippen LogP contribution in [0.5, 0.6) is 0 Å². The van der Waals surface area contributed by atoms with Gasteiger partial charge in [0.1, 0.15) is 11.4 Å². The smallest absolute Gasteiger partial charge is 0.410 e. The van der Waals surface area contributed by atoms with Crippen molar-refractivity contribution in [2.75, 3.05) is 23.7 Å². The number of likely N-dealkylation sites (tertiary alicyclic amines) is 1. The van der Waals surface area contributed by atoms with Crippen LogP contribution in [0.15, 0.2) is 49.1 Å². The van der Waals surface area contributed by atoms with Crippen LogP contribution in [0.3, 0.4) is 0 Å². The molecule has 1 fully saturated rings. The van der Waals surface area contributed by atoms with Gasteiger partial charge in [-0.25, -0.2) is 19.7 Å². The topological polar surface area (TPSA) is 105 Å². The number of hydrogen-bond donors (Lipinski definition) is 2. The van der Waals surface area contributed by atoms with Crippen LogP contribution in [-0.4, -0.2) is 55.7 Å². The second-order valence-corrected chi connectivity index (χ2v) is 9.54. The van der Waals surface area contributed by atoms with Crippen molar-refractivity contribution < 1.29 is 9.53 Å². The molecule has 1 amide bonds. The molecule has 2 aromatic heterocycles. The lowest BCUT2D eigenvalue weighted by atomic mass is 10.1. The van der Waals surface area contributed by atoms with Crippen molar-refractivity contribution in [1.82, 2.24) is 24.8 Å². The Labute approximate surface area is 204 Å². The van der Waals surface area contributed by atoms with Gasteiger partial charge in [-0.15, -0.1) is 0 Å². The minimum absolute atomic E-state index is 0.198. The van der Waals surface area contributed by atoms with Crippen LogP contribution in [0.4, 0.5) is 22.2 Å². The predicted octanol–water partition coefficient (Wildman–Crippen LogP) is 5.14. The molecule has 3 heterocycles. The summed E-state index contributed by atoms with van der Waals surface area (Å²) in [5.74, 6) is 1.14. The number of carbonyl (C=O) groups excluding carboxylic acids is 1. The van der Waals surface area contributed by atoms with Crippen molar-refractivity contribution in [2.45, 2.75) is 45.3 Å². The fraction of sp³-hybridized carbons (Fsp3) is 0.375. The average molecular weight is 482 g/mol. The minimum Gasteiger partial charge on any atom is -0.444 e. The molecule has 1 aliphatic rings. The molecule has 10 heteroatoms. The van der Waals surface area contributed by atoms with Gasteiger partial charge < -0.3 is 20.3 Å². The highest BCUT2D eigenvalue weighted by Gasteiger charge is 2.27. The Balaban J connectivity index is 1.34. The summed E-state index contributed by atoms with van der Waals surface area (Å²) in [5.41, 5.74) is 1.75. The summed E-state index contributed by atoms with van der Waals surface area (Å²) < 4.78 is 5.46. The molecule has 0 saturated carbocycles. The van der Waals surface area contributed by atoms with Gasteiger partial charge in [0.05, 0.1) is 18.1 Å². The lowest BCUT2D eigenvalue weighted by Gasteiger charge is -2.33. The quantitative estimate of drug-likeness (QED) is 0.516. The number of carbonyl (C=O) groups is 1. The molecule has 3 aromatic rings. The fourth-order valence-electron chi connectivity index (χ4n) is 3.54. The van der Waals surface area contributed by atoms with Crippen molar-refractivity contribution in [3.63, 3.8) is 0 Å². The van der Waals surface area contributed by atoms with Crippen molar-refractivity contribution in [3.05, 3.63) is 54.1 Å². The molecule has 0 radical (unpaired) electrons. The molecular formula is C24H28ClN7O2. The van der Waals surface area contributed by atoms with Gasteiger partial charge in [-0.05, 0) is 51.8 Å². The maximum atomic E-state index is 12.3. The standard InChI is InChI=1S/C24H28ClN7O2/c1-24(2,3)34-23(33)32-9-7-18(8-10-32)29-21-15-26-14-20(31-21)16-12-27-22(28-13-16)30-19-6-4-5-17(25)11-19/h4-6,11-15,18H,7-10H2,1-3H3,(H,29,31)(H,27,28,30). The second kappa shape index (κ2) is 10.2. The molecule has 0 atom stereocenters. The van der Waals surface area contributed by atoms with Crippen LogP contribution in [0, 0.1) is 0 Å². The number of halogens is 1. The highest BCUT2D eigenvalue weighted by Crippen LogP contribution is 2.22. The molecule has 0 spiro atoms. The van der Waals surface area contributed by atoms with Gasteiger partial charge in [0, 0.05) is 47.8 Å². The molecule has 1 aromatic carbocycles. The maximum absolute atomic E-state index is 12.3. The SMILES string of the molecule is CC(C)(C)OC(=O)N1CCC(Nc2cncc(-c3cnc(Nc4cccc(Cl)c4)nc3)n2)CC1. The number of nitrogens with zero attached hydrogens (tertiary/aromatic N) is 5. The third kappa shape index (κ3) is 6.54. The lowest BCUT2D eigenvalue weighted by Crippen LogP contribution is -2.44. The van der Waals surface area contributed by atoms with E-state index in [0.29, 0.717) is 35.6 Å². The Bertz CT molecular complexity index is 1130. The van der Waals surface area contributed by atoms with E-state index in [0.717, 1.165) is 24.1 Å². The van der Waals surface area contributed by atoms with Crippen LogP contribution < -0.4 is 10.6 Å². The molecule has 178 valence electrons. The van der Waals surface area contributed by atoms with Crippen molar-refractivity contribution in [3.8, 4) is 11.3 Å². The van der Waals surface area contributed by atoms with E-state index < -0.39 is 5.60 Å². The molecule has 9 nitrogen and oxygen atoms in total. The van der Waals surface area contributed by atoms with Crippen LogP contribution in [0.1, 0.15) is 33.6 Å². The highest BCUT2D eigenvalue weighted by molar-refractivity contribution is 6.30. The number of aromatic nitrogens is 4. The molecule has 0 unspecified atom stereocenters. The average Bonchev–Trinajstić information content (AvgIpc) is 2.79. The number of anilines is 3. The third-order valence-electron chi connectivity index (χ3n) is 5.16. The summed E-state index contributed by atoms with van der Waals surface area (Å²) in [4.78, 5) is 31.7. The van der Waals surface area contributed by atoms with E-state index in [9.17, 15) is 4.79 Å². The first-order chi connectivity index (χ1) is 16.2. The Morgan fingerprint density at radius 2 is 1.85 bits per heavy atom. The first kappa shape index (κ1) is 23.7. The third-order valence-corrected chi connectivity index (χ3v) is 5.40. The van der Waals surface area contributed by atoms with Crippen molar-refractivity contribution in [2.24, 2.45) is 0 Å². The van der Waals surface area contributed by atoms with Gasteiger partial charge in [0.15, 0.2) is 0 Å². The van der Waals surface area contributed by atoms with Gasteiger partial charge in [-0.2, -0.15) is 0 Å². The van der Waals surface area contributed by atoms with Crippen LogP contribution in [0.2, 0.25) is 5.02 Å². The largest absolute Gasteiger partial charge is 0.444 e. The molecule has 1 saturated heterocycles. The Hall–Kier alpha value is -3.46. The zero-order chi connectivity index (χ0) is 24.1. The zero-order valence-electron chi connectivity index (χ0n) is 19.5. The van der Waals surface area contributed by atoms with Crippen LogP contribution >= 0.6 is 11.6 Å². The summed E-state index contributed by atoms with van der Waals surface area (Å²) in [6.45, 7) is 6.89. The number of benzene rings is 1.